The van der Waals surface area contributed by atoms with Gasteiger partial charge in [0.15, 0.2) is 11.5 Å². The first-order valence-corrected chi connectivity index (χ1v) is 8.41. The molecule has 2 rings (SSSR count). The van der Waals surface area contributed by atoms with Crippen LogP contribution in [0.15, 0.2) is 36.4 Å². The van der Waals surface area contributed by atoms with Crippen LogP contribution in [0.1, 0.15) is 53.1 Å². The molecule has 0 aliphatic heterocycles. The summed E-state index contributed by atoms with van der Waals surface area (Å²) in [6.45, 7) is 5.56. The Bertz CT molecular complexity index is 850. The highest BCUT2D eigenvalue weighted by atomic mass is 19.1. The minimum atomic E-state index is -1.26. The summed E-state index contributed by atoms with van der Waals surface area (Å²) < 4.78 is 25.0. The Morgan fingerprint density at radius 3 is 2.33 bits per heavy atom. The lowest BCUT2D eigenvalue weighted by Crippen LogP contribution is -2.27. The Labute approximate surface area is 156 Å². The minimum absolute atomic E-state index is 0.0152. The van der Waals surface area contributed by atoms with Gasteiger partial charge in [0, 0.05) is 0 Å². The number of benzene rings is 2. The first kappa shape index (κ1) is 20.2. The minimum Gasteiger partial charge on any atom is -0.493 e. The van der Waals surface area contributed by atoms with Crippen molar-refractivity contribution in [2.24, 2.45) is 0 Å². The van der Waals surface area contributed by atoms with Gasteiger partial charge in [-0.15, -0.1) is 0 Å². The van der Waals surface area contributed by atoms with E-state index in [1.807, 2.05) is 13.8 Å². The number of carboxylic acid groups (broad SMARTS) is 1. The van der Waals surface area contributed by atoms with Crippen molar-refractivity contribution in [3.8, 4) is 11.5 Å². The lowest BCUT2D eigenvalue weighted by Gasteiger charge is -2.18. The van der Waals surface area contributed by atoms with E-state index in [0.29, 0.717) is 11.5 Å². The van der Waals surface area contributed by atoms with Gasteiger partial charge >= 0.3 is 5.97 Å². The average molecular weight is 375 g/mol. The molecule has 1 atom stereocenters. The van der Waals surface area contributed by atoms with Crippen molar-refractivity contribution in [1.82, 2.24) is 5.32 Å². The first-order chi connectivity index (χ1) is 12.7. The van der Waals surface area contributed by atoms with E-state index in [1.165, 1.54) is 13.2 Å². The topological polar surface area (TPSA) is 84.9 Å². The van der Waals surface area contributed by atoms with Crippen molar-refractivity contribution in [2.45, 2.75) is 32.9 Å². The number of hydrogen-bond donors (Lipinski definition) is 2. The van der Waals surface area contributed by atoms with Gasteiger partial charge in [0.25, 0.3) is 5.91 Å². The molecule has 0 saturated heterocycles. The molecule has 0 spiro atoms. The zero-order chi connectivity index (χ0) is 20.1. The number of halogens is 1. The van der Waals surface area contributed by atoms with Crippen LogP contribution in [0, 0.1) is 5.82 Å². The number of methoxy groups -OCH3 is 1. The molecule has 0 radical (unpaired) electrons. The van der Waals surface area contributed by atoms with Gasteiger partial charge in [0.05, 0.1) is 30.4 Å². The Morgan fingerprint density at radius 2 is 1.78 bits per heavy atom. The predicted molar refractivity (Wildman–Crippen MR) is 98.0 cm³/mol. The van der Waals surface area contributed by atoms with Crippen LogP contribution in [0.4, 0.5) is 4.39 Å². The summed E-state index contributed by atoms with van der Waals surface area (Å²) in [5.74, 6) is -1.68. The summed E-state index contributed by atoms with van der Waals surface area (Å²) in [6.07, 6.45) is -0.0152. The van der Waals surface area contributed by atoms with E-state index in [2.05, 4.69) is 5.32 Å². The van der Waals surface area contributed by atoms with Gasteiger partial charge < -0.3 is 19.9 Å². The number of ether oxygens (including phenoxy) is 2. The van der Waals surface area contributed by atoms with Crippen LogP contribution in [-0.2, 0) is 0 Å². The predicted octanol–water partition coefficient (Wildman–Crippen LogP) is 3.81. The van der Waals surface area contributed by atoms with Gasteiger partial charge in [0.1, 0.15) is 5.82 Å². The summed E-state index contributed by atoms with van der Waals surface area (Å²) in [5, 5.41) is 11.6. The van der Waals surface area contributed by atoms with E-state index in [-0.39, 0.29) is 17.2 Å². The number of amides is 1. The molecule has 6 nitrogen and oxygen atoms in total. The summed E-state index contributed by atoms with van der Waals surface area (Å²) in [5.41, 5.74) is 0.306. The van der Waals surface area contributed by atoms with Crippen molar-refractivity contribution in [3.05, 3.63) is 58.9 Å². The Balaban J connectivity index is 2.18. The molecule has 0 aromatic heterocycles. The molecule has 7 heteroatoms. The maximum absolute atomic E-state index is 14.0. The van der Waals surface area contributed by atoms with Gasteiger partial charge in [0.2, 0.25) is 0 Å². The van der Waals surface area contributed by atoms with Gasteiger partial charge in [-0.1, -0.05) is 6.07 Å². The highest BCUT2D eigenvalue weighted by Gasteiger charge is 2.18. The quantitative estimate of drug-likeness (QED) is 0.769. The second kappa shape index (κ2) is 8.53. The monoisotopic (exact) mass is 375 g/mol. The van der Waals surface area contributed by atoms with Crippen LogP contribution in [0.25, 0.3) is 0 Å². The molecule has 0 aliphatic carbocycles. The van der Waals surface area contributed by atoms with Gasteiger partial charge in [-0.25, -0.2) is 9.18 Å². The second-order valence-electron chi connectivity index (χ2n) is 6.27. The molecule has 27 heavy (non-hydrogen) atoms. The number of rotatable bonds is 7. The van der Waals surface area contributed by atoms with E-state index in [1.54, 1.807) is 25.1 Å². The molecule has 0 aliphatic rings. The number of carbonyl (C=O) groups is 2. The molecule has 2 aromatic carbocycles. The van der Waals surface area contributed by atoms with Crippen LogP contribution in [-0.4, -0.2) is 30.2 Å². The molecule has 144 valence electrons. The Hall–Kier alpha value is -3.09. The van der Waals surface area contributed by atoms with Crippen molar-refractivity contribution >= 4 is 11.9 Å². The van der Waals surface area contributed by atoms with Crippen LogP contribution >= 0.6 is 0 Å². The van der Waals surface area contributed by atoms with Crippen molar-refractivity contribution in [2.75, 3.05) is 7.11 Å². The lowest BCUT2D eigenvalue weighted by atomic mass is 10.1. The number of hydrogen-bond acceptors (Lipinski definition) is 4. The molecular weight excluding hydrogens is 353 g/mol. The average Bonchev–Trinajstić information content (AvgIpc) is 2.61. The second-order valence-corrected chi connectivity index (χ2v) is 6.27. The maximum Gasteiger partial charge on any atom is 0.335 e. The van der Waals surface area contributed by atoms with Crippen molar-refractivity contribution < 1.29 is 28.6 Å². The fourth-order valence-electron chi connectivity index (χ4n) is 2.49. The summed E-state index contributed by atoms with van der Waals surface area (Å²) in [4.78, 5) is 23.2. The molecule has 0 heterocycles. The first-order valence-electron chi connectivity index (χ1n) is 8.41. The highest BCUT2D eigenvalue weighted by Crippen LogP contribution is 2.31. The standard InChI is InChI=1S/C20H22FNO5/c1-11(2)27-17-8-6-13(10-18(17)26-4)12(3)22-19(23)15-7-5-14(20(24)25)9-16(15)21/h5-12H,1-4H3,(H,22,23)(H,24,25). The van der Waals surface area contributed by atoms with E-state index < -0.39 is 23.7 Å². The van der Waals surface area contributed by atoms with Gasteiger partial charge in [-0.3, -0.25) is 4.79 Å². The third-order valence-corrected chi connectivity index (χ3v) is 3.86. The molecule has 2 N–H and O–H groups in total. The van der Waals surface area contributed by atoms with Crippen molar-refractivity contribution in [3.63, 3.8) is 0 Å². The Kier molecular flexibility index (Phi) is 6.39. The number of carboxylic acids is 1. The summed E-state index contributed by atoms with van der Waals surface area (Å²) in [7, 11) is 1.52. The molecule has 0 bridgehead atoms. The molecule has 1 amide bonds. The van der Waals surface area contributed by atoms with E-state index >= 15 is 0 Å². The Morgan fingerprint density at radius 1 is 1.07 bits per heavy atom. The smallest absolute Gasteiger partial charge is 0.335 e. The molecule has 1 unspecified atom stereocenters. The SMILES string of the molecule is COc1cc(C(C)NC(=O)c2ccc(C(=O)O)cc2F)ccc1OC(C)C. The number of aromatic carboxylic acids is 1. The largest absolute Gasteiger partial charge is 0.493 e. The van der Waals surface area contributed by atoms with Crippen LogP contribution in [0.2, 0.25) is 0 Å². The van der Waals surface area contributed by atoms with E-state index in [9.17, 15) is 14.0 Å². The fraction of sp³-hybridized carbons (Fsp3) is 0.300. The zero-order valence-electron chi connectivity index (χ0n) is 15.6. The number of nitrogens with one attached hydrogen (secondary N) is 1. The lowest BCUT2D eigenvalue weighted by molar-refractivity contribution is 0.0695. The third-order valence-electron chi connectivity index (χ3n) is 3.86. The van der Waals surface area contributed by atoms with E-state index in [0.717, 1.165) is 17.7 Å². The summed E-state index contributed by atoms with van der Waals surface area (Å²) in [6, 6.07) is 8.01. The van der Waals surface area contributed by atoms with E-state index in [4.69, 9.17) is 14.6 Å². The molecule has 2 aromatic rings. The normalized spacial score (nSPS) is 11.8. The maximum atomic E-state index is 14.0. The molecular formula is C20H22FNO5. The fourth-order valence-corrected chi connectivity index (χ4v) is 2.49. The van der Waals surface area contributed by atoms with Crippen molar-refractivity contribution in [1.29, 1.82) is 0 Å². The molecule has 0 fully saturated rings. The van der Waals surface area contributed by atoms with Crippen LogP contribution in [0.3, 0.4) is 0 Å². The third kappa shape index (κ3) is 4.97. The molecule has 0 saturated carbocycles. The van der Waals surface area contributed by atoms with Gasteiger partial charge in [-0.05, 0) is 56.7 Å². The zero-order valence-corrected chi connectivity index (χ0v) is 15.6. The van der Waals surface area contributed by atoms with Crippen LogP contribution < -0.4 is 14.8 Å². The highest BCUT2D eigenvalue weighted by molar-refractivity contribution is 5.96. The summed E-state index contributed by atoms with van der Waals surface area (Å²) >= 11 is 0. The number of carbonyl (C=O) groups excluding carboxylic acids is 1. The van der Waals surface area contributed by atoms with Gasteiger partial charge in [-0.2, -0.15) is 0 Å². The van der Waals surface area contributed by atoms with Crippen LogP contribution in [0.5, 0.6) is 11.5 Å².